The number of nitrogens with zero attached hydrogens (tertiary/aromatic N) is 1. The van der Waals surface area contributed by atoms with Crippen molar-refractivity contribution in [3.63, 3.8) is 0 Å². The van der Waals surface area contributed by atoms with Crippen molar-refractivity contribution in [3.05, 3.63) is 48.3 Å². The molecule has 0 saturated heterocycles. The maximum Gasteiger partial charge on any atom is 0.573 e. The molecule has 35 heavy (non-hydrogen) atoms. The fraction of sp³-hybridized carbons (Fsp3) is 0.440. The molecule has 0 aliphatic heterocycles. The molecule has 0 atom stereocenters. The Morgan fingerprint density at radius 2 is 1.71 bits per heavy atom. The van der Waals surface area contributed by atoms with E-state index in [0.29, 0.717) is 0 Å². The molecule has 1 aliphatic carbocycles. The summed E-state index contributed by atoms with van der Waals surface area (Å²) in [6.45, 7) is 2.93. The third-order valence-corrected chi connectivity index (χ3v) is 5.69. The fourth-order valence-electron chi connectivity index (χ4n) is 4.00. The average Bonchev–Trinajstić information content (AvgIpc) is 2.81. The Morgan fingerprint density at radius 1 is 1.03 bits per heavy atom. The highest BCUT2D eigenvalue weighted by Gasteiger charge is 2.32. The van der Waals surface area contributed by atoms with E-state index in [1.807, 2.05) is 0 Å². The second-order valence-corrected chi connectivity index (χ2v) is 8.64. The topological polar surface area (TPSA) is 67.9 Å². The lowest BCUT2D eigenvalue weighted by molar-refractivity contribution is -0.274. The van der Waals surface area contributed by atoms with Crippen LogP contribution in [0.3, 0.4) is 0 Å². The molecule has 2 aromatic rings. The van der Waals surface area contributed by atoms with Gasteiger partial charge in [0, 0.05) is 23.1 Å². The number of alkyl halides is 3. The molecule has 0 spiro atoms. The summed E-state index contributed by atoms with van der Waals surface area (Å²) in [6, 6.07) is 8.18. The number of carbonyl (C=O) groups is 2. The van der Waals surface area contributed by atoms with Crippen molar-refractivity contribution in [3.8, 4) is 22.6 Å². The summed E-state index contributed by atoms with van der Waals surface area (Å²) in [7, 11) is 0. The number of carbonyl (C=O) groups excluding carboxylic acids is 2. The summed E-state index contributed by atoms with van der Waals surface area (Å²) in [6.07, 6.45) is -0.411. The van der Waals surface area contributed by atoms with Crippen LogP contribution in [0.2, 0.25) is 0 Å². The molecule has 6 nitrogen and oxygen atoms in total. The van der Waals surface area contributed by atoms with Crippen LogP contribution < -0.4 is 14.9 Å². The molecule has 1 saturated carbocycles. The van der Waals surface area contributed by atoms with Gasteiger partial charge in [-0.3, -0.25) is 15.0 Å². The van der Waals surface area contributed by atoms with Gasteiger partial charge in [0.05, 0.1) is 0 Å². The molecule has 190 valence electrons. The molecule has 0 bridgehead atoms. The summed E-state index contributed by atoms with van der Waals surface area (Å²) in [5.74, 6) is -2.20. The third kappa shape index (κ3) is 7.34. The number of halogens is 4. The predicted octanol–water partition coefficient (Wildman–Crippen LogP) is 5.62. The maximum absolute atomic E-state index is 14.0. The van der Waals surface area contributed by atoms with Crippen molar-refractivity contribution in [1.29, 1.82) is 0 Å². The van der Waals surface area contributed by atoms with E-state index in [1.54, 1.807) is 13.8 Å². The first-order valence-corrected chi connectivity index (χ1v) is 11.4. The molecule has 0 radical (unpaired) electrons. The van der Waals surface area contributed by atoms with E-state index in [2.05, 4.69) is 10.2 Å². The van der Waals surface area contributed by atoms with Crippen molar-refractivity contribution in [2.45, 2.75) is 58.4 Å². The molecule has 0 aromatic heterocycles. The van der Waals surface area contributed by atoms with Gasteiger partial charge in [0.1, 0.15) is 17.3 Å². The van der Waals surface area contributed by atoms with Crippen LogP contribution >= 0.6 is 0 Å². The lowest BCUT2D eigenvalue weighted by atomic mass is 9.89. The van der Waals surface area contributed by atoms with Gasteiger partial charge in [0.2, 0.25) is 5.91 Å². The number of amides is 2. The van der Waals surface area contributed by atoms with Crippen LogP contribution in [0, 0.1) is 11.7 Å². The first kappa shape index (κ1) is 26.3. The fourth-order valence-corrected chi connectivity index (χ4v) is 4.00. The van der Waals surface area contributed by atoms with E-state index in [-0.39, 0.29) is 34.7 Å². The Morgan fingerprint density at radius 3 is 2.37 bits per heavy atom. The number of hydrogen-bond donors (Lipinski definition) is 1. The van der Waals surface area contributed by atoms with Crippen LogP contribution in [0.4, 0.5) is 17.6 Å². The minimum absolute atomic E-state index is 0.0136. The van der Waals surface area contributed by atoms with Crippen molar-refractivity contribution < 1.29 is 36.6 Å². The predicted molar refractivity (Wildman–Crippen MR) is 121 cm³/mol. The molecule has 1 aliphatic rings. The molecule has 2 aromatic carbocycles. The molecular weight excluding hydrogens is 468 g/mol. The van der Waals surface area contributed by atoms with E-state index in [9.17, 15) is 27.2 Å². The van der Waals surface area contributed by atoms with Crippen molar-refractivity contribution >= 4 is 11.8 Å². The minimum atomic E-state index is -4.95. The standard InChI is InChI=1S/C25H28F4N2O4/c1-16(2)31(30-24(33)17-8-4-3-5-9-17)23(32)15-34-21-13-12-18(26)14-20(21)19-10-6-7-11-22(19)35-25(27,28)29/h6-7,10-14,16-17H,3-5,8-9,15H2,1-2H3,(H,30,33). The Bertz CT molecular complexity index is 1040. The summed E-state index contributed by atoms with van der Waals surface area (Å²) < 4.78 is 62.3. The second kappa shape index (κ2) is 11.4. The molecule has 10 heteroatoms. The SMILES string of the molecule is CC(C)N(NC(=O)C1CCCCC1)C(=O)COc1ccc(F)cc1-c1ccccc1OC(F)(F)F. The summed E-state index contributed by atoms with van der Waals surface area (Å²) >= 11 is 0. The highest BCUT2D eigenvalue weighted by Crippen LogP contribution is 2.39. The van der Waals surface area contributed by atoms with Crippen LogP contribution in [-0.2, 0) is 9.59 Å². The first-order chi connectivity index (χ1) is 16.5. The zero-order valence-electron chi connectivity index (χ0n) is 19.5. The van der Waals surface area contributed by atoms with Crippen molar-refractivity contribution in [2.75, 3.05) is 6.61 Å². The van der Waals surface area contributed by atoms with Crippen LogP contribution in [-0.4, -0.2) is 35.8 Å². The van der Waals surface area contributed by atoms with Crippen LogP contribution in [0.15, 0.2) is 42.5 Å². The van der Waals surface area contributed by atoms with Crippen molar-refractivity contribution in [2.24, 2.45) is 5.92 Å². The van der Waals surface area contributed by atoms with Gasteiger partial charge < -0.3 is 9.47 Å². The smallest absolute Gasteiger partial charge is 0.483 e. The van der Waals surface area contributed by atoms with Gasteiger partial charge in [0.15, 0.2) is 6.61 Å². The van der Waals surface area contributed by atoms with Gasteiger partial charge in [-0.1, -0.05) is 37.5 Å². The van der Waals surface area contributed by atoms with Gasteiger partial charge in [-0.05, 0) is 51.0 Å². The highest BCUT2D eigenvalue weighted by atomic mass is 19.4. The van der Waals surface area contributed by atoms with Gasteiger partial charge in [-0.2, -0.15) is 0 Å². The van der Waals surface area contributed by atoms with Gasteiger partial charge >= 0.3 is 6.36 Å². The number of hydrogen-bond acceptors (Lipinski definition) is 4. The summed E-state index contributed by atoms with van der Waals surface area (Å²) in [5, 5.41) is 1.18. The maximum atomic E-state index is 14.0. The molecule has 0 heterocycles. The molecule has 0 unspecified atom stereocenters. The van der Waals surface area contributed by atoms with Gasteiger partial charge in [-0.25, -0.2) is 9.40 Å². The highest BCUT2D eigenvalue weighted by molar-refractivity contribution is 5.84. The average molecular weight is 497 g/mol. The number of hydrazine groups is 1. The first-order valence-electron chi connectivity index (χ1n) is 11.4. The van der Waals surface area contributed by atoms with Crippen LogP contribution in [0.5, 0.6) is 11.5 Å². The monoisotopic (exact) mass is 496 g/mol. The molecule has 1 fully saturated rings. The van der Waals surface area contributed by atoms with E-state index in [1.165, 1.54) is 29.3 Å². The van der Waals surface area contributed by atoms with Crippen molar-refractivity contribution in [1.82, 2.24) is 10.4 Å². The van der Waals surface area contributed by atoms with Gasteiger partial charge in [0.25, 0.3) is 5.91 Å². The lowest BCUT2D eigenvalue weighted by Crippen LogP contribution is -2.53. The lowest BCUT2D eigenvalue weighted by Gasteiger charge is -2.30. The quantitative estimate of drug-likeness (QED) is 0.399. The number of para-hydroxylation sites is 1. The van der Waals surface area contributed by atoms with E-state index in [4.69, 9.17) is 4.74 Å². The van der Waals surface area contributed by atoms with E-state index >= 15 is 0 Å². The minimum Gasteiger partial charge on any atom is -0.483 e. The number of ether oxygens (including phenoxy) is 2. The van der Waals surface area contributed by atoms with Crippen LogP contribution in [0.25, 0.3) is 11.1 Å². The molecule has 3 rings (SSSR count). The van der Waals surface area contributed by atoms with Gasteiger partial charge in [-0.15, -0.1) is 13.2 Å². The number of rotatable bonds is 7. The Labute approximate surface area is 201 Å². The van der Waals surface area contributed by atoms with E-state index < -0.39 is 30.4 Å². The van der Waals surface area contributed by atoms with E-state index in [0.717, 1.165) is 50.3 Å². The Balaban J connectivity index is 1.77. The largest absolute Gasteiger partial charge is 0.573 e. The second-order valence-electron chi connectivity index (χ2n) is 8.64. The molecule has 2 amide bonds. The Kier molecular flexibility index (Phi) is 8.58. The molecular formula is C25H28F4N2O4. The summed E-state index contributed by atoms with van der Waals surface area (Å²) in [4.78, 5) is 25.5. The number of benzene rings is 2. The zero-order chi connectivity index (χ0) is 25.6. The van der Waals surface area contributed by atoms with Crippen LogP contribution in [0.1, 0.15) is 46.0 Å². The number of nitrogens with one attached hydrogen (secondary N) is 1. The normalized spacial score (nSPS) is 14.5. The summed E-state index contributed by atoms with van der Waals surface area (Å²) in [5.41, 5.74) is 2.60. The zero-order valence-corrected chi connectivity index (χ0v) is 19.5. The molecule has 1 N–H and O–H groups in total. The third-order valence-electron chi connectivity index (χ3n) is 5.69. The Hall–Kier alpha value is -3.30.